The zero-order valence-corrected chi connectivity index (χ0v) is 41.8. The molecule has 0 spiro atoms. The molecule has 4 N–H and O–H groups in total. The summed E-state index contributed by atoms with van der Waals surface area (Å²) in [7, 11) is -5.07. The second-order valence-corrected chi connectivity index (χ2v) is 18.4. The van der Waals surface area contributed by atoms with E-state index < -0.39 is 59.8 Å². The zero-order chi connectivity index (χ0) is 48.2. The Kier molecular flexibility index (Phi) is 40.8. The Bertz CT molecular complexity index is 1420. The monoisotopic (exact) mass is 953 g/mol. The number of esters is 1. The van der Waals surface area contributed by atoms with Gasteiger partial charge in [0.2, 0.25) is 0 Å². The first kappa shape index (κ1) is 61.6. The highest BCUT2D eigenvalue weighted by Crippen LogP contribution is 2.26. The Labute approximate surface area is 401 Å². The van der Waals surface area contributed by atoms with Crippen LogP contribution in [0.4, 0.5) is 0 Å². The summed E-state index contributed by atoms with van der Waals surface area (Å²) < 4.78 is 59.2. The second-order valence-electron chi connectivity index (χ2n) is 17.4. The largest absolute Gasteiger partial charge is 0.457 e. The van der Waals surface area contributed by atoms with Crippen molar-refractivity contribution in [3.05, 3.63) is 72.9 Å². The van der Waals surface area contributed by atoms with Crippen LogP contribution in [0.15, 0.2) is 72.9 Å². The first-order valence-electron chi connectivity index (χ1n) is 25.7. The van der Waals surface area contributed by atoms with Crippen LogP contribution in [0.25, 0.3) is 0 Å². The van der Waals surface area contributed by atoms with E-state index >= 15 is 0 Å². The SMILES string of the molecule is CC/C=C\C/C=C\C/C=C\C/C=C\C/C=C\C/C=C\CCCCCCCCCOCC(COC1OC(CO)C(O)C(OS(=O)(=O)O)C1O)OC(=O)CCCCCCCCCCCCCCC. The third kappa shape index (κ3) is 36.6. The van der Waals surface area contributed by atoms with E-state index in [4.69, 9.17) is 18.9 Å². The maximum Gasteiger partial charge on any atom is 0.397 e. The van der Waals surface area contributed by atoms with Gasteiger partial charge in [-0.3, -0.25) is 9.35 Å². The molecule has 1 heterocycles. The molecule has 0 aromatic carbocycles. The lowest BCUT2D eigenvalue weighted by atomic mass is 9.99. The van der Waals surface area contributed by atoms with Gasteiger partial charge in [0.1, 0.15) is 30.5 Å². The van der Waals surface area contributed by atoms with Gasteiger partial charge in [-0.1, -0.05) is 196 Å². The molecule has 1 aliphatic rings. The molecule has 12 nitrogen and oxygen atoms in total. The van der Waals surface area contributed by atoms with Crippen LogP contribution in [0, 0.1) is 0 Å². The fourth-order valence-corrected chi connectivity index (χ4v) is 8.01. The van der Waals surface area contributed by atoms with Gasteiger partial charge in [-0.2, -0.15) is 8.42 Å². The average Bonchev–Trinajstić information content (AvgIpc) is 3.29. The molecule has 0 amide bonds. The summed E-state index contributed by atoms with van der Waals surface area (Å²) in [6.07, 6.45) is 47.9. The van der Waals surface area contributed by atoms with Crippen molar-refractivity contribution in [2.75, 3.05) is 26.4 Å². The number of carbonyl (C=O) groups is 1. The molecule has 6 atom stereocenters. The third-order valence-electron chi connectivity index (χ3n) is 11.3. The van der Waals surface area contributed by atoms with Crippen LogP contribution in [-0.2, 0) is 38.3 Å². The normalized spacial score (nSPS) is 20.1. The molecule has 1 fully saturated rings. The molecule has 1 saturated heterocycles. The molecule has 0 saturated carbocycles. The molecule has 6 unspecified atom stereocenters. The number of aliphatic hydroxyl groups excluding tert-OH is 3. The number of hydrogen-bond donors (Lipinski definition) is 4. The van der Waals surface area contributed by atoms with Crippen LogP contribution < -0.4 is 0 Å². The van der Waals surface area contributed by atoms with Crippen LogP contribution in [0.2, 0.25) is 0 Å². The minimum atomic E-state index is -5.07. The van der Waals surface area contributed by atoms with Gasteiger partial charge in [0, 0.05) is 13.0 Å². The fourth-order valence-electron chi connectivity index (χ4n) is 7.50. The molecule has 382 valence electrons. The molecule has 0 aromatic heterocycles. The van der Waals surface area contributed by atoms with E-state index in [1.165, 1.54) is 77.0 Å². The van der Waals surface area contributed by atoms with Gasteiger partial charge in [0.15, 0.2) is 6.29 Å². The lowest BCUT2D eigenvalue weighted by molar-refractivity contribution is -0.301. The first-order chi connectivity index (χ1) is 32.1. The maximum absolute atomic E-state index is 12.9. The molecular weight excluding hydrogens is 861 g/mol. The summed E-state index contributed by atoms with van der Waals surface area (Å²) in [5.74, 6) is -0.405. The van der Waals surface area contributed by atoms with Crippen molar-refractivity contribution in [2.45, 2.75) is 230 Å². The molecular formula is C53H92O12S. The number of carbonyl (C=O) groups excluding carboxylic acids is 1. The zero-order valence-electron chi connectivity index (χ0n) is 41.0. The van der Waals surface area contributed by atoms with Crippen molar-refractivity contribution >= 4 is 16.4 Å². The Morgan fingerprint density at radius 3 is 1.53 bits per heavy atom. The molecule has 1 aliphatic heterocycles. The summed E-state index contributed by atoms with van der Waals surface area (Å²) in [6.45, 7) is 3.85. The van der Waals surface area contributed by atoms with Gasteiger partial charge in [0.05, 0.1) is 19.8 Å². The van der Waals surface area contributed by atoms with Gasteiger partial charge in [-0.05, 0) is 64.2 Å². The summed E-state index contributed by atoms with van der Waals surface area (Å²) >= 11 is 0. The minimum Gasteiger partial charge on any atom is -0.457 e. The van der Waals surface area contributed by atoms with E-state index in [-0.39, 0.29) is 19.6 Å². The van der Waals surface area contributed by atoms with Gasteiger partial charge in [0.25, 0.3) is 0 Å². The number of hydrogen-bond acceptors (Lipinski definition) is 11. The van der Waals surface area contributed by atoms with E-state index in [1.54, 1.807) is 0 Å². The maximum atomic E-state index is 12.9. The van der Waals surface area contributed by atoms with Crippen molar-refractivity contribution in [1.82, 2.24) is 0 Å². The highest BCUT2D eigenvalue weighted by atomic mass is 32.3. The van der Waals surface area contributed by atoms with Gasteiger partial charge < -0.3 is 34.3 Å². The molecule has 0 radical (unpaired) electrons. The number of aliphatic hydroxyl groups is 3. The molecule has 1 rings (SSSR count). The standard InChI is InChI=1S/C53H92O12S/c1-3-5-7-9-11-13-15-17-18-19-20-21-22-23-24-25-26-27-28-29-31-33-35-37-39-41-43-61-45-47(46-62-53-51(57)52(65-66(58,59)60)50(56)48(44-54)64-53)63-49(55)42-40-38-36-34-32-30-16-14-12-10-8-6-4-2/h5,7,11,13,17-18,20-21,23-24,26-27,47-48,50-54,56-57H,3-4,6,8-10,12,14-16,19,22,25,28-46H2,1-2H3,(H,58,59,60)/b7-5-,13-11-,18-17-,21-20-,24-23-,27-26-. The Hall–Kier alpha value is -2.46. The smallest absolute Gasteiger partial charge is 0.397 e. The highest BCUT2D eigenvalue weighted by molar-refractivity contribution is 7.80. The summed E-state index contributed by atoms with van der Waals surface area (Å²) in [6, 6.07) is 0. The molecule has 0 aliphatic carbocycles. The molecule has 13 heteroatoms. The van der Waals surface area contributed by atoms with Crippen LogP contribution in [0.1, 0.15) is 194 Å². The Morgan fingerprint density at radius 1 is 0.591 bits per heavy atom. The van der Waals surface area contributed by atoms with Gasteiger partial charge in [-0.25, -0.2) is 4.18 Å². The molecule has 0 aromatic rings. The van der Waals surface area contributed by atoms with Crippen molar-refractivity contribution in [3.63, 3.8) is 0 Å². The van der Waals surface area contributed by atoms with E-state index in [1.807, 2.05) is 0 Å². The topological polar surface area (TPSA) is 178 Å². The third-order valence-corrected chi connectivity index (χ3v) is 11.8. The van der Waals surface area contributed by atoms with E-state index in [0.29, 0.717) is 13.0 Å². The number of unbranched alkanes of at least 4 members (excludes halogenated alkanes) is 19. The quantitative estimate of drug-likeness (QED) is 0.0197. The molecule has 0 bridgehead atoms. The molecule has 66 heavy (non-hydrogen) atoms. The van der Waals surface area contributed by atoms with E-state index in [0.717, 1.165) is 89.9 Å². The van der Waals surface area contributed by atoms with Gasteiger partial charge in [-0.15, -0.1) is 0 Å². The summed E-state index contributed by atoms with van der Waals surface area (Å²) in [5.41, 5.74) is 0. The number of rotatable bonds is 44. The minimum absolute atomic E-state index is 0.0265. The van der Waals surface area contributed by atoms with Crippen LogP contribution in [-0.4, -0.2) is 97.5 Å². The van der Waals surface area contributed by atoms with Crippen LogP contribution in [0.3, 0.4) is 0 Å². The highest BCUT2D eigenvalue weighted by Gasteiger charge is 2.48. The summed E-state index contributed by atoms with van der Waals surface area (Å²) in [4.78, 5) is 12.9. The second kappa shape index (κ2) is 43.8. The Morgan fingerprint density at radius 2 is 1.05 bits per heavy atom. The lowest BCUT2D eigenvalue weighted by Crippen LogP contribution is -2.60. The predicted octanol–water partition coefficient (Wildman–Crippen LogP) is 11.9. The van der Waals surface area contributed by atoms with Crippen molar-refractivity contribution < 1.29 is 56.2 Å². The number of allylic oxidation sites excluding steroid dienone is 12. The predicted molar refractivity (Wildman–Crippen MR) is 266 cm³/mol. The fraction of sp³-hybridized carbons (Fsp3) is 0.755. The van der Waals surface area contributed by atoms with Crippen LogP contribution in [0.5, 0.6) is 0 Å². The van der Waals surface area contributed by atoms with Crippen molar-refractivity contribution in [3.8, 4) is 0 Å². The first-order valence-corrected chi connectivity index (χ1v) is 27.1. The average molecular weight is 953 g/mol. The van der Waals surface area contributed by atoms with E-state index in [2.05, 4.69) is 90.9 Å². The van der Waals surface area contributed by atoms with Crippen molar-refractivity contribution in [2.24, 2.45) is 0 Å². The van der Waals surface area contributed by atoms with Crippen molar-refractivity contribution in [1.29, 1.82) is 0 Å². The summed E-state index contributed by atoms with van der Waals surface area (Å²) in [5, 5.41) is 30.7. The van der Waals surface area contributed by atoms with Crippen LogP contribution >= 0.6 is 0 Å². The number of ether oxygens (including phenoxy) is 4. The lowest BCUT2D eigenvalue weighted by Gasteiger charge is -2.41. The van der Waals surface area contributed by atoms with Gasteiger partial charge >= 0.3 is 16.4 Å². The Balaban J connectivity index is 2.34. The van der Waals surface area contributed by atoms with E-state index in [9.17, 15) is 33.1 Å².